The number of amides is 2. The van der Waals surface area contributed by atoms with Gasteiger partial charge in [-0.2, -0.15) is 5.10 Å². The molecular weight excluding hydrogens is 775 g/mol. The van der Waals surface area contributed by atoms with Crippen LogP contribution >= 0.6 is 11.3 Å². The summed E-state index contributed by atoms with van der Waals surface area (Å²) in [5, 5.41) is 37.5. The summed E-state index contributed by atoms with van der Waals surface area (Å²) in [6.07, 6.45) is 7.56. The summed E-state index contributed by atoms with van der Waals surface area (Å²) in [4.78, 5) is 37.5. The minimum atomic E-state index is -0.725. The average molecular weight is 836 g/mol. The summed E-state index contributed by atoms with van der Waals surface area (Å²) in [5.74, 6) is 0.0285. The Morgan fingerprint density at radius 2 is 1.72 bits per heavy atom. The Kier molecular flexibility index (Phi) is 13.5. The van der Waals surface area contributed by atoms with Crippen molar-refractivity contribution in [3.05, 3.63) is 71.4 Å². The van der Waals surface area contributed by atoms with Crippen molar-refractivity contribution in [1.29, 1.82) is 0 Å². The van der Waals surface area contributed by atoms with Gasteiger partial charge in [-0.25, -0.2) is 4.98 Å². The molecule has 7 rings (SSSR count). The number of hydrogen-bond donors (Lipinski definition) is 4. The van der Waals surface area contributed by atoms with Crippen molar-refractivity contribution < 1.29 is 19.8 Å². The first-order valence-corrected chi connectivity index (χ1v) is 22.5. The quantitative estimate of drug-likeness (QED) is 0.0766. The molecule has 2 fully saturated rings. The van der Waals surface area contributed by atoms with E-state index in [0.717, 1.165) is 98.2 Å². The molecule has 0 spiro atoms. The van der Waals surface area contributed by atoms with Gasteiger partial charge in [-0.3, -0.25) is 14.3 Å². The number of carbonyl (C=O) groups is 2. The molecule has 2 aliphatic rings. The Morgan fingerprint density at radius 1 is 1.00 bits per heavy atom. The number of benzene rings is 2. The van der Waals surface area contributed by atoms with Gasteiger partial charge in [-0.05, 0) is 80.8 Å². The number of nitrogens with one attached hydrogen (secondary N) is 1. The number of aliphatic hydroxyl groups is 1. The first-order chi connectivity index (χ1) is 28.8. The van der Waals surface area contributed by atoms with Gasteiger partial charge in [0.15, 0.2) is 11.3 Å². The zero-order valence-electron chi connectivity index (χ0n) is 35.7. The van der Waals surface area contributed by atoms with Crippen LogP contribution in [0.15, 0.2) is 60.1 Å². The summed E-state index contributed by atoms with van der Waals surface area (Å²) < 4.78 is 2.00. The van der Waals surface area contributed by atoms with Crippen LogP contribution in [-0.4, -0.2) is 95.1 Å². The molecule has 2 saturated heterocycles. The van der Waals surface area contributed by atoms with Crippen molar-refractivity contribution in [2.75, 3.05) is 31.9 Å². The van der Waals surface area contributed by atoms with Gasteiger partial charge in [0.25, 0.3) is 0 Å². The fourth-order valence-electron chi connectivity index (χ4n) is 8.99. The van der Waals surface area contributed by atoms with Gasteiger partial charge in [0, 0.05) is 37.5 Å². The molecule has 0 radical (unpaired) electrons. The predicted octanol–water partition coefficient (Wildman–Crippen LogP) is 7.69. The predicted molar refractivity (Wildman–Crippen MR) is 237 cm³/mol. The third-order valence-electron chi connectivity index (χ3n) is 12.5. The molecule has 0 aliphatic carbocycles. The number of piperidine rings is 1. The number of nitrogens with two attached hydrogens (primary N) is 1. The SMILES string of the molecule is Cc1ncsc1-c1ccc(C(C)NC(=O)[C@@H]2C[C@@H](O)CN2C(=O)C(CCCCCCCN2CCC(n3nc(N)c4nnc(-c5ccccc5O)cc43)CC2)C(C)(C)C)cc1. The van der Waals surface area contributed by atoms with Crippen LogP contribution in [0.4, 0.5) is 5.82 Å². The van der Waals surface area contributed by atoms with Crippen LogP contribution < -0.4 is 11.1 Å². The second kappa shape index (κ2) is 18.8. The largest absolute Gasteiger partial charge is 0.507 e. The highest BCUT2D eigenvalue weighted by molar-refractivity contribution is 7.13. The molecule has 2 amide bonds. The number of thiazole rings is 1. The Hall–Kier alpha value is -4.92. The van der Waals surface area contributed by atoms with Gasteiger partial charge in [-0.15, -0.1) is 21.5 Å². The highest BCUT2D eigenvalue weighted by Gasteiger charge is 2.44. The molecule has 5 heterocycles. The maximum absolute atomic E-state index is 14.2. The van der Waals surface area contributed by atoms with Crippen LogP contribution in [0, 0.1) is 18.3 Å². The molecule has 0 bridgehead atoms. The number of aryl methyl sites for hydroxylation is 1. The van der Waals surface area contributed by atoms with Crippen molar-refractivity contribution in [3.8, 4) is 27.4 Å². The molecule has 5 aromatic rings. The van der Waals surface area contributed by atoms with Crippen molar-refractivity contribution in [1.82, 2.24) is 40.1 Å². The number of nitrogens with zero attached hydrogens (tertiary/aromatic N) is 7. The van der Waals surface area contributed by atoms with E-state index in [9.17, 15) is 19.8 Å². The normalized spacial score (nSPS) is 18.9. The highest BCUT2D eigenvalue weighted by Crippen LogP contribution is 2.36. The van der Waals surface area contributed by atoms with E-state index < -0.39 is 12.1 Å². The molecule has 13 nitrogen and oxygen atoms in total. The van der Waals surface area contributed by atoms with Gasteiger partial charge in [0.05, 0.1) is 45.5 Å². The fourth-order valence-corrected chi connectivity index (χ4v) is 9.80. The molecule has 2 aromatic carbocycles. The summed E-state index contributed by atoms with van der Waals surface area (Å²) in [6.45, 7) is 13.5. The molecule has 0 saturated carbocycles. The van der Waals surface area contributed by atoms with E-state index in [1.165, 1.54) is 0 Å². The number of phenolic OH excluding ortho intramolecular Hbond substituents is 1. The Labute approximate surface area is 357 Å². The molecule has 3 aromatic heterocycles. The lowest BCUT2D eigenvalue weighted by Crippen LogP contribution is -2.50. The van der Waals surface area contributed by atoms with Crippen molar-refractivity contribution in [3.63, 3.8) is 0 Å². The van der Waals surface area contributed by atoms with Crippen LogP contribution in [0.2, 0.25) is 0 Å². The number of phenols is 1. The lowest BCUT2D eigenvalue weighted by molar-refractivity contribution is -0.145. The number of β-amino-alcohol motifs (C(OH)–C–C–N with tert-alkyl or cyclic N) is 1. The highest BCUT2D eigenvalue weighted by atomic mass is 32.1. The third-order valence-corrected chi connectivity index (χ3v) is 13.5. The van der Waals surface area contributed by atoms with Crippen LogP contribution in [0.5, 0.6) is 5.75 Å². The van der Waals surface area contributed by atoms with Gasteiger partial charge in [0.1, 0.15) is 11.8 Å². The number of likely N-dealkylation sites (tertiary alicyclic amines) is 2. The average Bonchev–Trinajstić information content (AvgIpc) is 3.94. The molecule has 60 heavy (non-hydrogen) atoms. The van der Waals surface area contributed by atoms with E-state index in [0.29, 0.717) is 22.6 Å². The van der Waals surface area contributed by atoms with E-state index in [1.54, 1.807) is 28.4 Å². The Balaban J connectivity index is 0.846. The van der Waals surface area contributed by atoms with Gasteiger partial charge < -0.3 is 31.1 Å². The van der Waals surface area contributed by atoms with Crippen molar-refractivity contribution in [2.45, 2.75) is 117 Å². The Bertz CT molecular complexity index is 2240. The van der Waals surface area contributed by atoms with Gasteiger partial charge in [0.2, 0.25) is 11.8 Å². The zero-order chi connectivity index (χ0) is 42.6. The van der Waals surface area contributed by atoms with E-state index in [4.69, 9.17) is 5.73 Å². The van der Waals surface area contributed by atoms with Gasteiger partial charge >= 0.3 is 0 Å². The van der Waals surface area contributed by atoms with Gasteiger partial charge in [-0.1, -0.05) is 82.9 Å². The summed E-state index contributed by atoms with van der Waals surface area (Å²) in [6, 6.07) is 16.5. The van der Waals surface area contributed by atoms with Crippen LogP contribution in [0.1, 0.15) is 109 Å². The minimum Gasteiger partial charge on any atom is -0.507 e. The minimum absolute atomic E-state index is 0.0332. The number of hydrogen-bond acceptors (Lipinski definition) is 11. The van der Waals surface area contributed by atoms with E-state index >= 15 is 0 Å². The molecule has 4 atom stereocenters. The van der Waals surface area contributed by atoms with E-state index in [2.05, 4.69) is 63.4 Å². The maximum atomic E-state index is 14.2. The number of aromatic hydroxyl groups is 1. The molecule has 320 valence electrons. The first kappa shape index (κ1) is 43.2. The fraction of sp³-hybridized carbons (Fsp3) is 0.522. The number of para-hydroxylation sites is 1. The number of carbonyl (C=O) groups excluding carboxylic acids is 2. The number of aromatic nitrogens is 5. The maximum Gasteiger partial charge on any atom is 0.243 e. The smallest absolute Gasteiger partial charge is 0.243 e. The lowest BCUT2D eigenvalue weighted by atomic mass is 9.76. The second-order valence-electron chi connectivity index (χ2n) is 17.9. The Morgan fingerprint density at radius 3 is 2.42 bits per heavy atom. The molecule has 2 unspecified atom stereocenters. The molecule has 2 aliphatic heterocycles. The lowest BCUT2D eigenvalue weighted by Gasteiger charge is -2.35. The van der Waals surface area contributed by atoms with Crippen LogP contribution in [-0.2, 0) is 9.59 Å². The second-order valence-corrected chi connectivity index (χ2v) is 18.7. The number of aliphatic hydroxyl groups excluding tert-OH is 1. The summed E-state index contributed by atoms with van der Waals surface area (Å²) in [5.41, 5.74) is 13.5. The molecule has 5 N–H and O–H groups in total. The topological polar surface area (TPSA) is 176 Å². The monoisotopic (exact) mass is 835 g/mol. The third kappa shape index (κ3) is 9.82. The molecular formula is C46H61N9O4S. The van der Waals surface area contributed by atoms with Crippen LogP contribution in [0.25, 0.3) is 32.7 Å². The molecule has 14 heteroatoms. The van der Waals surface area contributed by atoms with Crippen molar-refractivity contribution >= 4 is 40.0 Å². The first-order valence-electron chi connectivity index (χ1n) is 21.6. The number of nitrogen functional groups attached to an aromatic ring is 1. The number of anilines is 1. The number of rotatable bonds is 15. The van der Waals surface area contributed by atoms with E-state index in [-0.39, 0.29) is 53.9 Å². The number of fused-ring (bicyclic) bond motifs is 1. The van der Waals surface area contributed by atoms with E-state index in [1.807, 2.05) is 54.4 Å². The summed E-state index contributed by atoms with van der Waals surface area (Å²) >= 11 is 1.61. The van der Waals surface area contributed by atoms with Crippen molar-refractivity contribution in [2.24, 2.45) is 11.3 Å². The number of unbranched alkanes of at least 4 members (excludes halogenated alkanes) is 4. The van der Waals surface area contributed by atoms with Crippen LogP contribution in [0.3, 0.4) is 0 Å². The summed E-state index contributed by atoms with van der Waals surface area (Å²) in [7, 11) is 0. The standard InChI is InChI=1S/C46H61N9O4S/c1-29(31-16-18-32(19-17-31)42-30(2)48-28-60-42)49-44(58)39-25-34(56)27-54(39)45(59)36(46(3,4)5)14-9-7-6-8-12-22-53-23-20-33(21-24-53)55-38-26-37(35-13-10-11-15-40(35)57)50-51-41(38)43(47)52-55/h10-11,13,15-19,26,28-29,33-34,36,39,56-57H,6-9,12,14,20-25,27H2,1-5H3,(H2,47,52)(H,49,58)/t29?,34-,36?,39+/m1/s1. The zero-order valence-corrected chi connectivity index (χ0v) is 36.5.